The van der Waals surface area contributed by atoms with Crippen LogP contribution in [0.15, 0.2) is 47.6 Å². The highest BCUT2D eigenvalue weighted by atomic mass is 32.2. The summed E-state index contributed by atoms with van der Waals surface area (Å²) in [5.74, 6) is 0. The van der Waals surface area contributed by atoms with Crippen LogP contribution in [0.4, 0.5) is 5.69 Å². The first-order valence-electron chi connectivity index (χ1n) is 6.19. The molecule has 0 saturated heterocycles. The zero-order chi connectivity index (χ0) is 14.9. The van der Waals surface area contributed by atoms with Crippen LogP contribution in [0.5, 0.6) is 0 Å². The first-order chi connectivity index (χ1) is 10.1. The van der Waals surface area contributed by atoms with E-state index in [1.54, 1.807) is 30.3 Å². The van der Waals surface area contributed by atoms with Gasteiger partial charge >= 0.3 is 0 Å². The number of anilines is 1. The fraction of sp³-hybridized carbons (Fsp3) is 0.0769. The Balaban J connectivity index is 1.91. The van der Waals surface area contributed by atoms with Crippen LogP contribution in [-0.2, 0) is 16.6 Å². The van der Waals surface area contributed by atoms with E-state index in [0.29, 0.717) is 22.3 Å². The number of benzene rings is 1. The Morgan fingerprint density at radius 3 is 2.90 bits per heavy atom. The van der Waals surface area contributed by atoms with Gasteiger partial charge in [-0.2, -0.15) is 10.2 Å². The zero-order valence-corrected chi connectivity index (χ0v) is 11.8. The van der Waals surface area contributed by atoms with E-state index in [-0.39, 0.29) is 11.4 Å². The number of hydrogen-bond acceptors (Lipinski definition) is 5. The van der Waals surface area contributed by atoms with Gasteiger partial charge in [-0.05, 0) is 30.3 Å². The van der Waals surface area contributed by atoms with E-state index in [2.05, 4.69) is 19.9 Å². The number of hydrogen-bond donors (Lipinski definition) is 3. The van der Waals surface area contributed by atoms with Crippen molar-refractivity contribution in [2.45, 2.75) is 11.4 Å². The number of nitrogens with zero attached hydrogens (tertiary/aromatic N) is 2. The average Bonchev–Trinajstić information content (AvgIpc) is 2.90. The maximum atomic E-state index is 12.4. The highest BCUT2D eigenvalue weighted by molar-refractivity contribution is 7.89. The Kier molecular flexibility index (Phi) is 3.32. The number of rotatable bonds is 4. The summed E-state index contributed by atoms with van der Waals surface area (Å²) in [5.41, 5.74) is 7.47. The zero-order valence-electron chi connectivity index (χ0n) is 10.9. The van der Waals surface area contributed by atoms with Crippen LogP contribution >= 0.6 is 0 Å². The van der Waals surface area contributed by atoms with Crippen LogP contribution in [0, 0.1) is 0 Å². The third-order valence-corrected chi connectivity index (χ3v) is 4.47. The molecule has 8 heteroatoms. The van der Waals surface area contributed by atoms with Gasteiger partial charge in [0.05, 0.1) is 12.2 Å². The molecule has 4 N–H and O–H groups in total. The van der Waals surface area contributed by atoms with E-state index in [4.69, 9.17) is 5.73 Å². The molecule has 7 nitrogen and oxygen atoms in total. The first-order valence-corrected chi connectivity index (χ1v) is 7.67. The molecular weight excluding hydrogens is 290 g/mol. The molecule has 0 saturated carbocycles. The Morgan fingerprint density at radius 2 is 2.14 bits per heavy atom. The van der Waals surface area contributed by atoms with Gasteiger partial charge < -0.3 is 10.7 Å². The molecule has 0 radical (unpaired) electrons. The van der Waals surface area contributed by atoms with Crippen LogP contribution in [0.1, 0.15) is 5.69 Å². The molecule has 2 heterocycles. The molecule has 3 rings (SSSR count). The van der Waals surface area contributed by atoms with E-state index in [9.17, 15) is 8.42 Å². The minimum Gasteiger partial charge on any atom is -0.399 e. The summed E-state index contributed by atoms with van der Waals surface area (Å²) in [4.78, 5) is 3.08. The van der Waals surface area contributed by atoms with E-state index in [1.807, 2.05) is 0 Å². The van der Waals surface area contributed by atoms with Crippen molar-refractivity contribution in [1.82, 2.24) is 19.9 Å². The van der Waals surface area contributed by atoms with Crippen LogP contribution in [0.2, 0.25) is 0 Å². The quantitative estimate of drug-likeness (QED) is 0.623. The van der Waals surface area contributed by atoms with Gasteiger partial charge in [0.2, 0.25) is 10.0 Å². The third-order valence-electron chi connectivity index (χ3n) is 3.03. The minimum absolute atomic E-state index is 0.0746. The van der Waals surface area contributed by atoms with E-state index < -0.39 is 10.0 Å². The molecule has 0 aliphatic heterocycles. The van der Waals surface area contributed by atoms with Gasteiger partial charge in [-0.15, -0.1) is 0 Å². The average molecular weight is 303 g/mol. The van der Waals surface area contributed by atoms with Crippen molar-refractivity contribution in [3.63, 3.8) is 0 Å². The van der Waals surface area contributed by atoms with E-state index in [0.717, 1.165) is 0 Å². The van der Waals surface area contributed by atoms with Gasteiger partial charge in [0.15, 0.2) is 0 Å². The molecule has 2 aromatic heterocycles. The predicted octanol–water partition coefficient (Wildman–Crippen LogP) is 1.02. The van der Waals surface area contributed by atoms with Gasteiger partial charge in [0.1, 0.15) is 4.90 Å². The predicted molar refractivity (Wildman–Crippen MR) is 78.8 cm³/mol. The van der Waals surface area contributed by atoms with Gasteiger partial charge in [0, 0.05) is 29.0 Å². The number of nitrogens with one attached hydrogen (secondary N) is 2. The maximum absolute atomic E-state index is 12.4. The van der Waals surface area contributed by atoms with Crippen molar-refractivity contribution in [3.8, 4) is 0 Å². The number of sulfonamides is 1. The minimum atomic E-state index is -3.66. The Morgan fingerprint density at radius 1 is 1.29 bits per heavy atom. The maximum Gasteiger partial charge on any atom is 0.243 e. The molecule has 0 bridgehead atoms. The number of aromatic amines is 1. The fourth-order valence-corrected chi connectivity index (χ4v) is 3.18. The molecule has 0 aliphatic rings. The molecule has 0 fully saturated rings. The number of nitrogens with two attached hydrogens (primary N) is 1. The second-order valence-corrected chi connectivity index (χ2v) is 6.23. The third kappa shape index (κ3) is 2.71. The lowest BCUT2D eigenvalue weighted by Gasteiger charge is -2.05. The van der Waals surface area contributed by atoms with Crippen LogP contribution in [0.3, 0.4) is 0 Å². The summed E-state index contributed by atoms with van der Waals surface area (Å²) in [6, 6.07) is 8.48. The number of aromatic nitrogens is 3. The van der Waals surface area contributed by atoms with Crippen LogP contribution in [-0.4, -0.2) is 23.6 Å². The molecule has 0 amide bonds. The second-order valence-electron chi connectivity index (χ2n) is 4.50. The summed E-state index contributed by atoms with van der Waals surface area (Å²) < 4.78 is 27.2. The lowest BCUT2D eigenvalue weighted by molar-refractivity contribution is 0.581. The van der Waals surface area contributed by atoms with Gasteiger partial charge in [0.25, 0.3) is 0 Å². The summed E-state index contributed by atoms with van der Waals surface area (Å²) in [5, 5.41) is 8.09. The number of H-pyrrole nitrogens is 1. The van der Waals surface area contributed by atoms with Gasteiger partial charge in [-0.3, -0.25) is 0 Å². The van der Waals surface area contributed by atoms with Gasteiger partial charge in [-0.1, -0.05) is 0 Å². The molecule has 0 aliphatic carbocycles. The van der Waals surface area contributed by atoms with Crippen molar-refractivity contribution in [2.24, 2.45) is 0 Å². The molecule has 0 spiro atoms. The fourth-order valence-electron chi connectivity index (χ4n) is 2.01. The summed E-state index contributed by atoms with van der Waals surface area (Å²) in [7, 11) is -3.66. The molecule has 1 aromatic carbocycles. The normalized spacial score (nSPS) is 11.8. The van der Waals surface area contributed by atoms with Crippen molar-refractivity contribution in [1.29, 1.82) is 0 Å². The van der Waals surface area contributed by atoms with Crippen LogP contribution in [0.25, 0.3) is 10.9 Å². The van der Waals surface area contributed by atoms with Gasteiger partial charge in [-0.25, -0.2) is 13.1 Å². The highest BCUT2D eigenvalue weighted by Crippen LogP contribution is 2.24. The number of fused-ring (bicyclic) bond motifs is 1. The first kappa shape index (κ1) is 13.5. The largest absolute Gasteiger partial charge is 0.399 e. The lowest BCUT2D eigenvalue weighted by atomic mass is 10.2. The number of nitrogen functional groups attached to an aromatic ring is 1. The van der Waals surface area contributed by atoms with Crippen molar-refractivity contribution >= 4 is 26.6 Å². The Bertz CT molecular complexity index is 874. The van der Waals surface area contributed by atoms with Crippen LogP contribution < -0.4 is 10.5 Å². The second kappa shape index (κ2) is 5.15. The molecule has 0 atom stereocenters. The molecule has 0 unspecified atom stereocenters. The summed E-state index contributed by atoms with van der Waals surface area (Å²) in [6.45, 7) is 0.0746. The molecular formula is C13H13N5O2S. The Labute approximate surface area is 121 Å². The summed E-state index contributed by atoms with van der Waals surface area (Å²) >= 11 is 0. The monoisotopic (exact) mass is 303 g/mol. The molecule has 108 valence electrons. The molecule has 21 heavy (non-hydrogen) atoms. The molecule has 3 aromatic rings. The van der Waals surface area contributed by atoms with E-state index in [1.165, 1.54) is 12.4 Å². The van der Waals surface area contributed by atoms with Crippen molar-refractivity contribution in [2.75, 3.05) is 5.73 Å². The smallest absolute Gasteiger partial charge is 0.243 e. The topological polar surface area (TPSA) is 114 Å². The van der Waals surface area contributed by atoms with Crippen molar-refractivity contribution in [3.05, 3.63) is 48.4 Å². The SMILES string of the molecule is Nc1ccc2[nH]cc(S(=O)(=O)NCc3cccnn3)c2c1. The summed E-state index contributed by atoms with van der Waals surface area (Å²) in [6.07, 6.45) is 2.98. The Hall–Kier alpha value is -2.45. The van der Waals surface area contributed by atoms with E-state index >= 15 is 0 Å². The lowest BCUT2D eigenvalue weighted by Crippen LogP contribution is -2.23. The van der Waals surface area contributed by atoms with Crippen molar-refractivity contribution < 1.29 is 8.42 Å². The highest BCUT2D eigenvalue weighted by Gasteiger charge is 2.19. The standard InChI is InChI=1S/C13H13N5O2S/c14-9-3-4-12-11(6-9)13(8-15-12)21(19,20)17-7-10-2-1-5-16-18-10/h1-6,8,15,17H,7,14H2.